The topological polar surface area (TPSA) is 26.0 Å². The molecule has 0 spiro atoms. The Morgan fingerprint density at radius 1 is 1.83 bits per heavy atom. The van der Waals surface area contributed by atoms with E-state index in [4.69, 9.17) is 5.73 Å². The van der Waals surface area contributed by atoms with E-state index in [-0.39, 0.29) is 53.0 Å². The summed E-state index contributed by atoms with van der Waals surface area (Å²) in [7, 11) is 0. The molecule has 0 radical (unpaired) electrons. The Hall–Kier alpha value is 1.25. The van der Waals surface area contributed by atoms with Gasteiger partial charge in [-0.3, -0.25) is 0 Å². The smallest absolute Gasteiger partial charge is 1.00 e. The molecule has 0 aliphatic carbocycles. The Bertz CT molecular complexity index is 31.2. The van der Waals surface area contributed by atoms with Crippen LogP contribution in [0, 0.1) is 0 Å². The van der Waals surface area contributed by atoms with Crippen molar-refractivity contribution in [3.05, 3.63) is 12.7 Å². The molecule has 0 aromatic heterocycles. The Morgan fingerprint density at radius 2 is 2.00 bits per heavy atom. The predicted octanol–water partition coefficient (Wildman–Crippen LogP) is 0.397. The van der Waals surface area contributed by atoms with Gasteiger partial charge in [0.2, 0.25) is 0 Å². The molecular formula is C3H10CaClN. The van der Waals surface area contributed by atoms with Gasteiger partial charge in [0.15, 0.2) is 0 Å². The maximum Gasteiger partial charge on any atom is 2.00 e. The summed E-state index contributed by atoms with van der Waals surface area (Å²) in [5.41, 5.74) is 4.91. The third kappa shape index (κ3) is 18.7. The van der Waals surface area contributed by atoms with E-state index in [0.29, 0.717) is 6.54 Å². The minimum atomic E-state index is 0. The number of hydrogen-bond acceptors (Lipinski definition) is 1. The van der Waals surface area contributed by atoms with Crippen LogP contribution in [-0.4, -0.2) is 44.3 Å². The van der Waals surface area contributed by atoms with Crippen LogP contribution in [0.15, 0.2) is 12.7 Å². The minimum absolute atomic E-state index is 0. The quantitative estimate of drug-likeness (QED) is 0.409. The van der Waals surface area contributed by atoms with Crippen molar-refractivity contribution in [2.24, 2.45) is 5.73 Å². The average molecular weight is 136 g/mol. The van der Waals surface area contributed by atoms with Crippen molar-refractivity contribution in [1.29, 1.82) is 0 Å². The van der Waals surface area contributed by atoms with Crippen LogP contribution in [0.3, 0.4) is 0 Å². The summed E-state index contributed by atoms with van der Waals surface area (Å²) in [4.78, 5) is 0. The first-order chi connectivity index (χ1) is 1.91. The summed E-state index contributed by atoms with van der Waals surface area (Å²) < 4.78 is 0. The molecule has 0 amide bonds. The molecule has 0 aromatic rings. The molecule has 0 aliphatic rings. The molecule has 0 saturated carbocycles. The van der Waals surface area contributed by atoms with Crippen molar-refractivity contribution in [2.75, 3.05) is 6.54 Å². The average Bonchev–Trinajstić information content (AvgIpc) is 1.37. The molecule has 0 atom stereocenters. The van der Waals surface area contributed by atoms with Gasteiger partial charge < -0.3 is 8.59 Å². The standard InChI is InChI=1S/C3H7N.Ca.ClH.2H/c1-2-3-4;;;;/h2H,1,3-4H2;;1H;;/q;+2;;2*-1. The molecule has 0 rings (SSSR count). The van der Waals surface area contributed by atoms with E-state index in [0.717, 1.165) is 0 Å². The van der Waals surface area contributed by atoms with Crippen molar-refractivity contribution < 1.29 is 2.85 Å². The second-order valence-electron chi connectivity index (χ2n) is 0.524. The fourth-order valence-corrected chi connectivity index (χ4v) is 0. The molecule has 2 N–H and O–H groups in total. The van der Waals surface area contributed by atoms with Crippen molar-refractivity contribution >= 4 is 50.1 Å². The fourth-order valence-electron chi connectivity index (χ4n) is 0. The Balaban J connectivity index is -0.00000000750. The van der Waals surface area contributed by atoms with E-state index in [2.05, 4.69) is 6.58 Å². The second kappa shape index (κ2) is 16.3. The second-order valence-corrected chi connectivity index (χ2v) is 0.524. The molecule has 0 unspecified atom stereocenters. The molecule has 36 valence electrons. The molecule has 0 fully saturated rings. The zero-order valence-corrected chi connectivity index (χ0v) is 6.71. The summed E-state index contributed by atoms with van der Waals surface area (Å²) in [6.07, 6.45) is 1.65. The number of rotatable bonds is 1. The largest absolute Gasteiger partial charge is 2.00 e. The molecule has 0 aliphatic heterocycles. The van der Waals surface area contributed by atoms with Gasteiger partial charge in [0.25, 0.3) is 0 Å². The van der Waals surface area contributed by atoms with Gasteiger partial charge in [-0.05, 0) is 0 Å². The van der Waals surface area contributed by atoms with Gasteiger partial charge in [0, 0.05) is 6.54 Å². The fraction of sp³-hybridized carbons (Fsp3) is 0.333. The normalized spacial score (nSPS) is 4.17. The van der Waals surface area contributed by atoms with E-state index < -0.39 is 0 Å². The molecule has 0 bridgehead atoms. The Labute approximate surface area is 77.4 Å². The SMILES string of the molecule is C=CCN.Cl.[Ca+2].[H-].[H-]. The van der Waals surface area contributed by atoms with Crippen LogP contribution in [-0.2, 0) is 0 Å². The number of halogens is 1. The Morgan fingerprint density at radius 3 is 2.00 bits per heavy atom. The van der Waals surface area contributed by atoms with Gasteiger partial charge in [0.1, 0.15) is 0 Å². The zero-order chi connectivity index (χ0) is 3.41. The van der Waals surface area contributed by atoms with Crippen LogP contribution in [0.5, 0.6) is 0 Å². The van der Waals surface area contributed by atoms with Crippen LogP contribution >= 0.6 is 12.4 Å². The molecule has 0 heterocycles. The maximum absolute atomic E-state index is 4.91. The summed E-state index contributed by atoms with van der Waals surface area (Å²) in [6, 6.07) is 0. The van der Waals surface area contributed by atoms with Gasteiger partial charge in [-0.15, -0.1) is 19.0 Å². The minimum Gasteiger partial charge on any atom is -1.00 e. The van der Waals surface area contributed by atoms with Crippen molar-refractivity contribution in [2.45, 2.75) is 0 Å². The van der Waals surface area contributed by atoms with Crippen LogP contribution < -0.4 is 5.73 Å². The van der Waals surface area contributed by atoms with Crippen LogP contribution in [0.1, 0.15) is 2.85 Å². The first-order valence-corrected chi connectivity index (χ1v) is 1.22. The van der Waals surface area contributed by atoms with E-state index in [1.807, 2.05) is 0 Å². The van der Waals surface area contributed by atoms with Gasteiger partial charge in [-0.2, -0.15) is 0 Å². The molecular weight excluding hydrogens is 126 g/mol. The van der Waals surface area contributed by atoms with Crippen LogP contribution in [0.4, 0.5) is 0 Å². The van der Waals surface area contributed by atoms with Crippen molar-refractivity contribution in [1.82, 2.24) is 0 Å². The summed E-state index contributed by atoms with van der Waals surface area (Å²) in [5, 5.41) is 0. The van der Waals surface area contributed by atoms with Gasteiger partial charge in [-0.25, -0.2) is 0 Å². The monoisotopic (exact) mass is 135 g/mol. The van der Waals surface area contributed by atoms with Crippen molar-refractivity contribution in [3.63, 3.8) is 0 Å². The van der Waals surface area contributed by atoms with E-state index >= 15 is 0 Å². The first-order valence-electron chi connectivity index (χ1n) is 1.22. The maximum atomic E-state index is 4.91. The zero-order valence-electron chi connectivity index (χ0n) is 5.68. The van der Waals surface area contributed by atoms with Gasteiger partial charge in [-0.1, -0.05) is 6.08 Å². The number of hydrogen-bond donors (Lipinski definition) is 1. The number of nitrogens with two attached hydrogens (primary N) is 1. The third-order valence-corrected chi connectivity index (χ3v) is 0.167. The van der Waals surface area contributed by atoms with E-state index in [1.54, 1.807) is 6.08 Å². The molecule has 0 aromatic carbocycles. The van der Waals surface area contributed by atoms with Gasteiger partial charge >= 0.3 is 37.7 Å². The first kappa shape index (κ1) is 15.7. The van der Waals surface area contributed by atoms with Gasteiger partial charge in [0.05, 0.1) is 0 Å². The Kier molecular flexibility index (Phi) is 42.6. The molecule has 3 heteroatoms. The summed E-state index contributed by atoms with van der Waals surface area (Å²) >= 11 is 0. The summed E-state index contributed by atoms with van der Waals surface area (Å²) in [5.74, 6) is 0. The predicted molar refractivity (Wildman–Crippen MR) is 34.5 cm³/mol. The van der Waals surface area contributed by atoms with E-state index in [9.17, 15) is 0 Å². The molecule has 1 nitrogen and oxygen atoms in total. The molecule has 6 heavy (non-hydrogen) atoms. The summed E-state index contributed by atoms with van der Waals surface area (Å²) in [6.45, 7) is 3.94. The van der Waals surface area contributed by atoms with Crippen molar-refractivity contribution in [3.8, 4) is 0 Å². The van der Waals surface area contributed by atoms with Crippen LogP contribution in [0.25, 0.3) is 0 Å². The third-order valence-electron chi connectivity index (χ3n) is 0.167. The van der Waals surface area contributed by atoms with E-state index in [1.165, 1.54) is 0 Å². The molecule has 0 saturated heterocycles. The van der Waals surface area contributed by atoms with Crippen LogP contribution in [0.2, 0.25) is 0 Å².